The molecule has 0 heterocycles. The number of carbonyl (C=O) groups excluding carboxylic acids is 1. The zero-order valence-corrected chi connectivity index (χ0v) is 8.84. The van der Waals surface area contributed by atoms with Gasteiger partial charge < -0.3 is 10.4 Å². The highest BCUT2D eigenvalue weighted by Gasteiger charge is 2.13. The van der Waals surface area contributed by atoms with Crippen LogP contribution in [0.4, 0.5) is 8.78 Å². The van der Waals surface area contributed by atoms with Crippen molar-refractivity contribution < 1.29 is 18.7 Å². The molecule has 0 fully saturated rings. The fourth-order valence-corrected chi connectivity index (χ4v) is 1.18. The number of aliphatic hydroxyl groups is 1. The van der Waals surface area contributed by atoms with E-state index < -0.39 is 17.5 Å². The third-order valence-corrected chi connectivity index (χ3v) is 2.23. The van der Waals surface area contributed by atoms with E-state index in [0.29, 0.717) is 6.42 Å². The van der Waals surface area contributed by atoms with Gasteiger partial charge in [-0.2, -0.15) is 0 Å². The van der Waals surface area contributed by atoms with Gasteiger partial charge in [0, 0.05) is 5.56 Å². The summed E-state index contributed by atoms with van der Waals surface area (Å²) < 4.78 is 25.4. The summed E-state index contributed by atoms with van der Waals surface area (Å²) in [6.07, 6.45) is 0.561. The Morgan fingerprint density at radius 1 is 1.44 bits per heavy atom. The first-order valence-electron chi connectivity index (χ1n) is 4.95. The third-order valence-electron chi connectivity index (χ3n) is 2.23. The van der Waals surface area contributed by atoms with Crippen molar-refractivity contribution >= 4 is 5.91 Å². The topological polar surface area (TPSA) is 49.3 Å². The molecule has 0 unspecified atom stereocenters. The smallest absolute Gasteiger partial charge is 0.251 e. The van der Waals surface area contributed by atoms with Crippen LogP contribution in [0, 0.1) is 11.6 Å². The predicted molar refractivity (Wildman–Crippen MR) is 55.0 cm³/mol. The molecule has 0 spiro atoms. The SMILES string of the molecule is CC[C@H](CO)NC(=O)c1ccc(F)c(F)c1. The molecule has 0 saturated carbocycles. The zero-order chi connectivity index (χ0) is 12.1. The van der Waals surface area contributed by atoms with Crippen LogP contribution in [0.1, 0.15) is 23.7 Å². The Hall–Kier alpha value is -1.49. The molecule has 0 aliphatic heterocycles. The van der Waals surface area contributed by atoms with E-state index >= 15 is 0 Å². The zero-order valence-electron chi connectivity index (χ0n) is 8.84. The molecule has 0 saturated heterocycles. The molecule has 16 heavy (non-hydrogen) atoms. The minimum Gasteiger partial charge on any atom is -0.394 e. The fourth-order valence-electron chi connectivity index (χ4n) is 1.18. The van der Waals surface area contributed by atoms with Gasteiger partial charge in [0.2, 0.25) is 0 Å². The lowest BCUT2D eigenvalue weighted by Crippen LogP contribution is -2.36. The summed E-state index contributed by atoms with van der Waals surface area (Å²) in [5.74, 6) is -2.59. The first kappa shape index (κ1) is 12.6. The van der Waals surface area contributed by atoms with E-state index in [4.69, 9.17) is 5.11 Å². The largest absolute Gasteiger partial charge is 0.394 e. The van der Waals surface area contributed by atoms with Gasteiger partial charge in [0.1, 0.15) is 0 Å². The number of carbonyl (C=O) groups is 1. The van der Waals surface area contributed by atoms with Gasteiger partial charge >= 0.3 is 0 Å². The highest BCUT2D eigenvalue weighted by Crippen LogP contribution is 2.08. The second kappa shape index (κ2) is 5.55. The summed E-state index contributed by atoms with van der Waals surface area (Å²) in [6, 6.07) is 2.54. The van der Waals surface area contributed by atoms with Crippen molar-refractivity contribution in [2.24, 2.45) is 0 Å². The van der Waals surface area contributed by atoms with Crippen LogP contribution in [-0.2, 0) is 0 Å². The molecule has 5 heteroatoms. The van der Waals surface area contributed by atoms with Crippen LogP contribution in [0.3, 0.4) is 0 Å². The molecule has 0 aliphatic carbocycles. The lowest BCUT2D eigenvalue weighted by atomic mass is 10.1. The Bertz CT molecular complexity index is 378. The molecule has 1 aromatic carbocycles. The van der Waals surface area contributed by atoms with Gasteiger partial charge in [-0.05, 0) is 24.6 Å². The van der Waals surface area contributed by atoms with Crippen LogP contribution in [0.25, 0.3) is 0 Å². The molecule has 1 amide bonds. The maximum absolute atomic E-state index is 12.8. The second-order valence-electron chi connectivity index (χ2n) is 3.39. The van der Waals surface area contributed by atoms with E-state index in [9.17, 15) is 13.6 Å². The van der Waals surface area contributed by atoms with E-state index in [1.54, 1.807) is 6.92 Å². The van der Waals surface area contributed by atoms with Gasteiger partial charge in [-0.1, -0.05) is 6.92 Å². The van der Waals surface area contributed by atoms with Crippen LogP contribution in [0.5, 0.6) is 0 Å². The monoisotopic (exact) mass is 229 g/mol. The number of nitrogens with one attached hydrogen (secondary N) is 1. The molecule has 0 aliphatic rings. The summed E-state index contributed by atoms with van der Waals surface area (Å²) in [7, 11) is 0. The van der Waals surface area contributed by atoms with Crippen LogP contribution < -0.4 is 5.32 Å². The van der Waals surface area contributed by atoms with Gasteiger partial charge in [-0.25, -0.2) is 8.78 Å². The van der Waals surface area contributed by atoms with Gasteiger partial charge in [0.05, 0.1) is 12.6 Å². The number of halogens is 2. The van der Waals surface area contributed by atoms with Crippen molar-refractivity contribution in [2.45, 2.75) is 19.4 Å². The molecule has 1 atom stereocenters. The fraction of sp³-hybridized carbons (Fsp3) is 0.364. The molecule has 0 bridgehead atoms. The molecule has 1 aromatic rings. The molecule has 3 nitrogen and oxygen atoms in total. The Kier molecular flexibility index (Phi) is 4.37. The average molecular weight is 229 g/mol. The number of hydrogen-bond acceptors (Lipinski definition) is 2. The molecular weight excluding hydrogens is 216 g/mol. The maximum Gasteiger partial charge on any atom is 0.251 e. The predicted octanol–water partition coefficient (Wildman–Crippen LogP) is 1.47. The van der Waals surface area contributed by atoms with E-state index in [-0.39, 0.29) is 18.2 Å². The highest BCUT2D eigenvalue weighted by molar-refractivity contribution is 5.94. The Labute approximate surface area is 92.1 Å². The van der Waals surface area contributed by atoms with Gasteiger partial charge in [-0.15, -0.1) is 0 Å². The van der Waals surface area contributed by atoms with E-state index in [1.165, 1.54) is 6.07 Å². The van der Waals surface area contributed by atoms with Crippen molar-refractivity contribution in [1.29, 1.82) is 0 Å². The Morgan fingerprint density at radius 3 is 2.62 bits per heavy atom. The van der Waals surface area contributed by atoms with Crippen LogP contribution in [0.2, 0.25) is 0 Å². The lowest BCUT2D eigenvalue weighted by molar-refractivity contribution is 0.0914. The maximum atomic E-state index is 12.8. The molecule has 1 rings (SSSR count). The van der Waals surface area contributed by atoms with E-state index in [0.717, 1.165) is 12.1 Å². The molecule has 0 radical (unpaired) electrons. The highest BCUT2D eigenvalue weighted by atomic mass is 19.2. The molecular formula is C11H13F2NO2. The van der Waals surface area contributed by atoms with Crippen LogP contribution in [-0.4, -0.2) is 23.7 Å². The summed E-state index contributed by atoms with van der Waals surface area (Å²) in [5.41, 5.74) is 0.0331. The molecule has 88 valence electrons. The van der Waals surface area contributed by atoms with Crippen molar-refractivity contribution in [1.82, 2.24) is 5.32 Å². The second-order valence-corrected chi connectivity index (χ2v) is 3.39. The minimum absolute atomic E-state index is 0.0331. The van der Waals surface area contributed by atoms with Crippen LogP contribution >= 0.6 is 0 Å². The minimum atomic E-state index is -1.07. The molecule has 2 N–H and O–H groups in total. The van der Waals surface area contributed by atoms with Crippen molar-refractivity contribution in [3.63, 3.8) is 0 Å². The van der Waals surface area contributed by atoms with Crippen molar-refractivity contribution in [3.05, 3.63) is 35.4 Å². The third kappa shape index (κ3) is 3.00. The normalized spacial score (nSPS) is 12.2. The quantitative estimate of drug-likeness (QED) is 0.821. The lowest BCUT2D eigenvalue weighted by Gasteiger charge is -2.13. The summed E-state index contributed by atoms with van der Waals surface area (Å²) in [4.78, 5) is 11.5. The first-order valence-corrected chi connectivity index (χ1v) is 4.95. The molecule has 0 aromatic heterocycles. The number of rotatable bonds is 4. The average Bonchev–Trinajstić information content (AvgIpc) is 2.29. The summed E-state index contributed by atoms with van der Waals surface area (Å²) >= 11 is 0. The number of hydrogen-bond donors (Lipinski definition) is 2. The summed E-state index contributed by atoms with van der Waals surface area (Å²) in [5, 5.41) is 11.4. The number of amides is 1. The Balaban J connectivity index is 2.76. The standard InChI is InChI=1S/C11H13F2NO2/c1-2-8(6-15)14-11(16)7-3-4-9(12)10(13)5-7/h3-5,8,15H,2,6H2,1H3,(H,14,16)/t8-/m1/s1. The van der Waals surface area contributed by atoms with E-state index in [2.05, 4.69) is 5.32 Å². The summed E-state index contributed by atoms with van der Waals surface area (Å²) in [6.45, 7) is 1.61. The van der Waals surface area contributed by atoms with Gasteiger partial charge in [0.15, 0.2) is 11.6 Å². The van der Waals surface area contributed by atoms with Crippen molar-refractivity contribution in [2.75, 3.05) is 6.61 Å². The Morgan fingerprint density at radius 2 is 2.12 bits per heavy atom. The number of benzene rings is 1. The van der Waals surface area contributed by atoms with E-state index in [1.807, 2.05) is 0 Å². The van der Waals surface area contributed by atoms with Crippen molar-refractivity contribution in [3.8, 4) is 0 Å². The van der Waals surface area contributed by atoms with Crippen LogP contribution in [0.15, 0.2) is 18.2 Å². The first-order chi connectivity index (χ1) is 7.58. The van der Waals surface area contributed by atoms with Gasteiger partial charge in [-0.3, -0.25) is 4.79 Å². The van der Waals surface area contributed by atoms with Gasteiger partial charge in [0.25, 0.3) is 5.91 Å². The number of aliphatic hydroxyl groups excluding tert-OH is 1.